The lowest BCUT2D eigenvalue weighted by molar-refractivity contribution is -0.130. The zero-order valence-electron chi connectivity index (χ0n) is 13.8. The number of nitrogens with one attached hydrogen (secondary N) is 2. The molecule has 1 saturated carbocycles. The summed E-state index contributed by atoms with van der Waals surface area (Å²) < 4.78 is 0. The van der Waals surface area contributed by atoms with Crippen molar-refractivity contribution in [1.82, 2.24) is 20.4 Å². The molecule has 0 bridgehead atoms. The van der Waals surface area contributed by atoms with Crippen molar-refractivity contribution in [3.63, 3.8) is 0 Å². The van der Waals surface area contributed by atoms with Crippen molar-refractivity contribution >= 4 is 17.8 Å². The van der Waals surface area contributed by atoms with Crippen molar-refractivity contribution in [3.8, 4) is 0 Å². The first-order valence-corrected chi connectivity index (χ1v) is 8.05. The van der Waals surface area contributed by atoms with Gasteiger partial charge in [0, 0.05) is 45.7 Å². The fourth-order valence-corrected chi connectivity index (χ4v) is 2.36. The van der Waals surface area contributed by atoms with Crippen LogP contribution in [0.15, 0.2) is 4.99 Å². The highest BCUT2D eigenvalue weighted by Crippen LogP contribution is 2.18. The van der Waals surface area contributed by atoms with Crippen LogP contribution in [0, 0.1) is 0 Å². The number of hydrogen-bond donors (Lipinski definition) is 2. The highest BCUT2D eigenvalue weighted by atomic mass is 16.2. The lowest BCUT2D eigenvalue weighted by atomic mass is 10.3. The summed E-state index contributed by atoms with van der Waals surface area (Å²) in [5.74, 6) is 0.861. The number of amides is 2. The second kappa shape index (κ2) is 7.47. The molecule has 0 aromatic carbocycles. The van der Waals surface area contributed by atoms with E-state index >= 15 is 0 Å². The molecule has 1 saturated heterocycles. The molecule has 22 heavy (non-hydrogen) atoms. The first-order valence-electron chi connectivity index (χ1n) is 8.05. The Balaban J connectivity index is 1.88. The number of rotatable bonds is 5. The molecule has 7 heteroatoms. The molecule has 124 valence electrons. The fraction of sp³-hybridized carbons (Fsp3) is 0.800. The summed E-state index contributed by atoms with van der Waals surface area (Å²) in [6.07, 6.45) is 3.75. The summed E-state index contributed by atoms with van der Waals surface area (Å²) in [6.45, 7) is 3.52. The zero-order chi connectivity index (χ0) is 16.1. The van der Waals surface area contributed by atoms with Crippen molar-refractivity contribution in [2.45, 2.75) is 44.7 Å². The second-order valence-electron chi connectivity index (χ2n) is 6.19. The minimum atomic E-state index is -0.0221. The maximum absolute atomic E-state index is 11.7. The van der Waals surface area contributed by atoms with Crippen molar-refractivity contribution in [1.29, 1.82) is 0 Å². The van der Waals surface area contributed by atoms with Crippen molar-refractivity contribution in [3.05, 3.63) is 0 Å². The lowest BCUT2D eigenvalue weighted by Crippen LogP contribution is -2.46. The van der Waals surface area contributed by atoms with Crippen LogP contribution in [0.25, 0.3) is 0 Å². The van der Waals surface area contributed by atoms with Gasteiger partial charge in [-0.2, -0.15) is 0 Å². The van der Waals surface area contributed by atoms with Gasteiger partial charge in [-0.05, 0) is 19.3 Å². The molecule has 2 fully saturated rings. The van der Waals surface area contributed by atoms with Crippen LogP contribution in [0.4, 0.5) is 0 Å². The maximum atomic E-state index is 11.7. The third-order valence-corrected chi connectivity index (χ3v) is 3.97. The number of likely N-dealkylation sites (tertiary alicyclic amines) is 1. The largest absolute Gasteiger partial charge is 0.354 e. The zero-order valence-corrected chi connectivity index (χ0v) is 13.8. The molecule has 1 unspecified atom stereocenters. The topological polar surface area (TPSA) is 77.0 Å². The van der Waals surface area contributed by atoms with Gasteiger partial charge >= 0.3 is 0 Å². The van der Waals surface area contributed by atoms with E-state index in [0.29, 0.717) is 25.0 Å². The molecule has 1 heterocycles. The predicted molar refractivity (Wildman–Crippen MR) is 85.6 cm³/mol. The number of guanidine groups is 1. The van der Waals surface area contributed by atoms with E-state index in [2.05, 4.69) is 15.6 Å². The molecule has 2 rings (SSSR count). The van der Waals surface area contributed by atoms with Crippen molar-refractivity contribution in [2.24, 2.45) is 4.99 Å². The van der Waals surface area contributed by atoms with Crippen LogP contribution in [-0.4, -0.2) is 73.4 Å². The molecule has 1 aliphatic carbocycles. The minimum absolute atomic E-state index is 0.0221. The summed E-state index contributed by atoms with van der Waals surface area (Å²) >= 11 is 0. The van der Waals surface area contributed by atoms with Crippen LogP contribution in [0.2, 0.25) is 0 Å². The van der Waals surface area contributed by atoms with E-state index in [0.717, 1.165) is 25.8 Å². The lowest BCUT2D eigenvalue weighted by Gasteiger charge is -2.19. The number of hydrogen-bond acceptors (Lipinski definition) is 3. The van der Waals surface area contributed by atoms with Gasteiger partial charge in [-0.15, -0.1) is 0 Å². The summed E-state index contributed by atoms with van der Waals surface area (Å²) in [5, 5.41) is 6.70. The second-order valence-corrected chi connectivity index (χ2v) is 6.19. The summed E-state index contributed by atoms with van der Waals surface area (Å²) in [5.41, 5.74) is 0. The molecule has 7 nitrogen and oxygen atoms in total. The number of carbonyl (C=O) groups is 2. The van der Waals surface area contributed by atoms with Gasteiger partial charge in [-0.3, -0.25) is 9.59 Å². The number of carbonyl (C=O) groups excluding carboxylic acids is 2. The third kappa shape index (κ3) is 4.89. The highest BCUT2D eigenvalue weighted by Gasteiger charge is 2.28. The molecule has 1 atom stereocenters. The summed E-state index contributed by atoms with van der Waals surface area (Å²) in [7, 11) is 3.45. The average molecular weight is 309 g/mol. The van der Waals surface area contributed by atoms with Gasteiger partial charge in [0.25, 0.3) is 0 Å². The van der Waals surface area contributed by atoms with Gasteiger partial charge in [-0.1, -0.05) is 6.92 Å². The molecule has 1 aliphatic heterocycles. The molecular formula is C15H27N5O2. The Hall–Kier alpha value is -1.79. The Bertz CT molecular complexity index is 445. The smallest absolute Gasteiger partial charge is 0.243 e. The number of nitrogens with zero attached hydrogens (tertiary/aromatic N) is 3. The van der Waals surface area contributed by atoms with Crippen LogP contribution >= 0.6 is 0 Å². The van der Waals surface area contributed by atoms with Crippen LogP contribution in [0.5, 0.6) is 0 Å². The van der Waals surface area contributed by atoms with Gasteiger partial charge in [0.1, 0.15) is 6.54 Å². The van der Waals surface area contributed by atoms with E-state index in [9.17, 15) is 9.59 Å². The van der Waals surface area contributed by atoms with Gasteiger partial charge in [0.05, 0.1) is 0 Å². The molecule has 2 aliphatic rings. The van der Waals surface area contributed by atoms with Crippen molar-refractivity contribution in [2.75, 3.05) is 33.7 Å². The standard InChI is InChI=1S/C15H27N5O2/c1-4-13(21)20-8-7-12(10-20)18-15(17-11-5-6-11)16-9-14(22)19(2)3/h11-12H,4-10H2,1-3H3,(H2,16,17,18). The quantitative estimate of drug-likeness (QED) is 0.544. The molecule has 2 amide bonds. The average Bonchev–Trinajstić information content (AvgIpc) is 3.19. The molecule has 2 N–H and O–H groups in total. The Kier molecular flexibility index (Phi) is 5.63. The minimum Gasteiger partial charge on any atom is -0.354 e. The number of likely N-dealkylation sites (N-methyl/N-ethyl adjacent to an activating group) is 1. The van der Waals surface area contributed by atoms with E-state index in [1.54, 1.807) is 14.1 Å². The van der Waals surface area contributed by atoms with Gasteiger partial charge in [0.2, 0.25) is 11.8 Å². The normalized spacial score (nSPS) is 21.7. The van der Waals surface area contributed by atoms with E-state index < -0.39 is 0 Å². The summed E-state index contributed by atoms with van der Waals surface area (Å²) in [4.78, 5) is 31.2. The first-order chi connectivity index (χ1) is 10.5. The van der Waals surface area contributed by atoms with Crippen LogP contribution in [0.1, 0.15) is 32.6 Å². The van der Waals surface area contributed by atoms with Crippen molar-refractivity contribution < 1.29 is 9.59 Å². The van der Waals surface area contributed by atoms with Gasteiger partial charge in [0.15, 0.2) is 5.96 Å². The molecular weight excluding hydrogens is 282 g/mol. The Morgan fingerprint density at radius 3 is 2.45 bits per heavy atom. The Morgan fingerprint density at radius 2 is 1.86 bits per heavy atom. The maximum Gasteiger partial charge on any atom is 0.243 e. The van der Waals surface area contributed by atoms with Gasteiger partial charge < -0.3 is 20.4 Å². The third-order valence-electron chi connectivity index (χ3n) is 3.97. The molecule has 0 aromatic heterocycles. The van der Waals surface area contributed by atoms with Gasteiger partial charge in [-0.25, -0.2) is 4.99 Å². The molecule has 0 spiro atoms. The Labute approximate surface area is 132 Å². The van der Waals surface area contributed by atoms with E-state index in [1.807, 2.05) is 11.8 Å². The van der Waals surface area contributed by atoms with E-state index in [4.69, 9.17) is 0 Å². The first kappa shape index (κ1) is 16.6. The highest BCUT2D eigenvalue weighted by molar-refractivity contribution is 5.85. The Morgan fingerprint density at radius 1 is 1.18 bits per heavy atom. The SMILES string of the molecule is CCC(=O)N1CCC(NC(=NCC(=O)N(C)C)NC2CC2)C1. The monoisotopic (exact) mass is 309 g/mol. The van der Waals surface area contributed by atoms with E-state index in [1.165, 1.54) is 4.90 Å². The molecule has 0 radical (unpaired) electrons. The van der Waals surface area contributed by atoms with Crippen LogP contribution in [0.3, 0.4) is 0 Å². The van der Waals surface area contributed by atoms with Crippen LogP contribution < -0.4 is 10.6 Å². The predicted octanol–water partition coefficient (Wildman–Crippen LogP) is -0.217. The van der Waals surface area contributed by atoms with E-state index in [-0.39, 0.29) is 24.4 Å². The number of aliphatic imine (C=N–C) groups is 1. The fourth-order valence-electron chi connectivity index (χ4n) is 2.36. The molecule has 0 aromatic rings. The summed E-state index contributed by atoms with van der Waals surface area (Å²) in [6, 6.07) is 0.672. The van der Waals surface area contributed by atoms with Crippen LogP contribution in [-0.2, 0) is 9.59 Å².